The van der Waals surface area contributed by atoms with E-state index in [0.717, 1.165) is 41.1 Å². The van der Waals surface area contributed by atoms with E-state index in [1.54, 1.807) is 7.11 Å². The molecule has 1 aliphatic carbocycles. The van der Waals surface area contributed by atoms with Crippen LogP contribution < -0.4 is 4.74 Å². The summed E-state index contributed by atoms with van der Waals surface area (Å²) in [5, 5.41) is 0. The highest BCUT2D eigenvalue weighted by Crippen LogP contribution is 2.39. The molecule has 0 radical (unpaired) electrons. The SMILES string of the molecule is COc1ccc(Br)c(C(=O)N2CCC(C)C3CCCCC32)c1. The highest BCUT2D eigenvalue weighted by atomic mass is 79.9. The van der Waals surface area contributed by atoms with E-state index in [0.29, 0.717) is 12.0 Å². The molecule has 2 fully saturated rings. The average Bonchev–Trinajstić information content (AvgIpc) is 2.55. The molecule has 3 rings (SSSR count). The molecule has 0 bridgehead atoms. The average molecular weight is 366 g/mol. The van der Waals surface area contributed by atoms with Crippen LogP contribution in [0, 0.1) is 11.8 Å². The Kier molecular flexibility index (Phi) is 4.76. The molecule has 1 saturated heterocycles. The number of nitrogens with zero attached hydrogens (tertiary/aromatic N) is 1. The number of methoxy groups -OCH3 is 1. The molecule has 0 spiro atoms. The van der Waals surface area contributed by atoms with Crippen molar-refractivity contribution in [3.63, 3.8) is 0 Å². The lowest BCUT2D eigenvalue weighted by molar-refractivity contribution is 0.0217. The number of carbonyl (C=O) groups excluding carboxylic acids is 1. The fourth-order valence-electron chi connectivity index (χ4n) is 4.12. The zero-order chi connectivity index (χ0) is 15.7. The first-order chi connectivity index (χ1) is 10.6. The highest BCUT2D eigenvalue weighted by Gasteiger charge is 2.39. The summed E-state index contributed by atoms with van der Waals surface area (Å²) in [6.45, 7) is 3.23. The second-order valence-corrected chi connectivity index (χ2v) is 7.48. The number of hydrogen-bond donors (Lipinski definition) is 0. The van der Waals surface area contributed by atoms with Gasteiger partial charge in [-0.25, -0.2) is 0 Å². The van der Waals surface area contributed by atoms with Gasteiger partial charge in [0, 0.05) is 17.1 Å². The number of piperidine rings is 1. The van der Waals surface area contributed by atoms with Gasteiger partial charge in [-0.05, 0) is 65.2 Å². The van der Waals surface area contributed by atoms with Crippen LogP contribution in [0.5, 0.6) is 5.75 Å². The maximum absolute atomic E-state index is 13.1. The van der Waals surface area contributed by atoms with E-state index in [9.17, 15) is 4.79 Å². The molecule has 0 aromatic heterocycles. The lowest BCUT2D eigenvalue weighted by Crippen LogP contribution is -2.52. The largest absolute Gasteiger partial charge is 0.497 e. The third-order valence-electron chi connectivity index (χ3n) is 5.40. The van der Waals surface area contributed by atoms with Crippen molar-refractivity contribution in [3.8, 4) is 5.75 Å². The summed E-state index contributed by atoms with van der Waals surface area (Å²) in [4.78, 5) is 15.2. The molecule has 1 aliphatic heterocycles. The maximum atomic E-state index is 13.1. The van der Waals surface area contributed by atoms with E-state index in [1.807, 2.05) is 18.2 Å². The predicted molar refractivity (Wildman–Crippen MR) is 91.3 cm³/mol. The zero-order valence-corrected chi connectivity index (χ0v) is 14.9. The molecular weight excluding hydrogens is 342 g/mol. The summed E-state index contributed by atoms with van der Waals surface area (Å²) < 4.78 is 6.13. The van der Waals surface area contributed by atoms with Gasteiger partial charge >= 0.3 is 0 Å². The molecule has 1 aromatic carbocycles. The van der Waals surface area contributed by atoms with Crippen LogP contribution in [0.25, 0.3) is 0 Å². The van der Waals surface area contributed by atoms with Gasteiger partial charge in [-0.15, -0.1) is 0 Å². The first-order valence-corrected chi connectivity index (χ1v) is 9.05. The van der Waals surface area contributed by atoms with Crippen LogP contribution >= 0.6 is 15.9 Å². The Bertz CT molecular complexity index is 560. The fourth-order valence-corrected chi connectivity index (χ4v) is 4.53. The Balaban J connectivity index is 1.88. The lowest BCUT2D eigenvalue weighted by atomic mass is 9.72. The Morgan fingerprint density at radius 1 is 1.27 bits per heavy atom. The number of amides is 1. The van der Waals surface area contributed by atoms with Crippen molar-refractivity contribution in [2.24, 2.45) is 11.8 Å². The van der Waals surface area contributed by atoms with Crippen LogP contribution in [-0.2, 0) is 0 Å². The summed E-state index contributed by atoms with van der Waals surface area (Å²) in [6.07, 6.45) is 6.11. The zero-order valence-electron chi connectivity index (χ0n) is 13.3. The third-order valence-corrected chi connectivity index (χ3v) is 6.09. The summed E-state index contributed by atoms with van der Waals surface area (Å²) in [5.41, 5.74) is 0.721. The quantitative estimate of drug-likeness (QED) is 0.771. The Labute approximate surface area is 141 Å². The van der Waals surface area contributed by atoms with Crippen molar-refractivity contribution >= 4 is 21.8 Å². The molecular formula is C18H24BrNO2. The van der Waals surface area contributed by atoms with Gasteiger partial charge in [0.25, 0.3) is 5.91 Å². The first kappa shape index (κ1) is 15.9. The van der Waals surface area contributed by atoms with Gasteiger partial charge in [0.15, 0.2) is 0 Å². The monoisotopic (exact) mass is 365 g/mol. The van der Waals surface area contributed by atoms with Crippen molar-refractivity contribution < 1.29 is 9.53 Å². The smallest absolute Gasteiger partial charge is 0.255 e. The van der Waals surface area contributed by atoms with Gasteiger partial charge in [0.1, 0.15) is 5.75 Å². The fraction of sp³-hybridized carbons (Fsp3) is 0.611. The molecule has 3 nitrogen and oxygen atoms in total. The molecule has 1 amide bonds. The summed E-state index contributed by atoms with van der Waals surface area (Å²) in [5.74, 6) is 2.30. The van der Waals surface area contributed by atoms with Crippen LogP contribution in [0.4, 0.5) is 0 Å². The number of likely N-dealkylation sites (tertiary alicyclic amines) is 1. The van der Waals surface area contributed by atoms with E-state index < -0.39 is 0 Å². The highest BCUT2D eigenvalue weighted by molar-refractivity contribution is 9.10. The van der Waals surface area contributed by atoms with Crippen molar-refractivity contribution in [1.29, 1.82) is 0 Å². The minimum atomic E-state index is 0.148. The van der Waals surface area contributed by atoms with Gasteiger partial charge in [-0.1, -0.05) is 19.8 Å². The topological polar surface area (TPSA) is 29.5 Å². The van der Waals surface area contributed by atoms with Crippen molar-refractivity contribution in [1.82, 2.24) is 4.90 Å². The first-order valence-electron chi connectivity index (χ1n) is 8.26. The number of fused-ring (bicyclic) bond motifs is 1. The number of hydrogen-bond acceptors (Lipinski definition) is 2. The molecule has 0 N–H and O–H groups in total. The van der Waals surface area contributed by atoms with Crippen molar-refractivity contribution in [2.45, 2.75) is 45.1 Å². The van der Waals surface area contributed by atoms with E-state index in [4.69, 9.17) is 4.74 Å². The number of halogens is 1. The number of carbonyl (C=O) groups is 1. The summed E-state index contributed by atoms with van der Waals surface area (Å²) in [6, 6.07) is 6.05. The van der Waals surface area contributed by atoms with E-state index in [2.05, 4.69) is 27.8 Å². The molecule has 1 saturated carbocycles. The molecule has 22 heavy (non-hydrogen) atoms. The third kappa shape index (κ3) is 2.90. The number of rotatable bonds is 2. The molecule has 1 heterocycles. The van der Waals surface area contributed by atoms with Gasteiger partial charge in [-0.3, -0.25) is 4.79 Å². The van der Waals surface area contributed by atoms with Gasteiger partial charge in [0.05, 0.1) is 12.7 Å². The molecule has 3 atom stereocenters. The second-order valence-electron chi connectivity index (χ2n) is 6.63. The normalized spacial score (nSPS) is 28.1. The van der Waals surface area contributed by atoms with Crippen LogP contribution in [0.15, 0.2) is 22.7 Å². The Morgan fingerprint density at radius 3 is 2.82 bits per heavy atom. The Hall–Kier alpha value is -1.03. The lowest BCUT2D eigenvalue weighted by Gasteiger charge is -2.47. The van der Waals surface area contributed by atoms with E-state index >= 15 is 0 Å². The second kappa shape index (κ2) is 6.61. The number of benzene rings is 1. The molecule has 3 unspecified atom stereocenters. The summed E-state index contributed by atoms with van der Waals surface area (Å²) >= 11 is 3.52. The van der Waals surface area contributed by atoms with Gasteiger partial charge in [0.2, 0.25) is 0 Å². The van der Waals surface area contributed by atoms with Crippen molar-refractivity contribution in [2.75, 3.05) is 13.7 Å². The minimum Gasteiger partial charge on any atom is -0.497 e. The van der Waals surface area contributed by atoms with Gasteiger partial charge < -0.3 is 9.64 Å². The number of ether oxygens (including phenoxy) is 1. The Morgan fingerprint density at radius 2 is 2.05 bits per heavy atom. The summed E-state index contributed by atoms with van der Waals surface area (Å²) in [7, 11) is 1.64. The van der Waals surface area contributed by atoms with Crippen LogP contribution in [-0.4, -0.2) is 30.5 Å². The standard InChI is InChI=1S/C18H24BrNO2/c1-12-9-10-20(17-6-4-3-5-14(12)17)18(21)15-11-13(22-2)7-8-16(15)19/h7-8,11-12,14,17H,3-6,9-10H2,1-2H3. The van der Waals surface area contributed by atoms with E-state index in [1.165, 1.54) is 19.3 Å². The van der Waals surface area contributed by atoms with E-state index in [-0.39, 0.29) is 5.91 Å². The van der Waals surface area contributed by atoms with Crippen LogP contribution in [0.2, 0.25) is 0 Å². The maximum Gasteiger partial charge on any atom is 0.255 e. The van der Waals surface area contributed by atoms with Crippen LogP contribution in [0.3, 0.4) is 0 Å². The molecule has 120 valence electrons. The van der Waals surface area contributed by atoms with Crippen LogP contribution in [0.1, 0.15) is 49.4 Å². The molecule has 2 aliphatic rings. The molecule has 4 heteroatoms. The predicted octanol–water partition coefficient (Wildman–Crippen LogP) is 4.50. The van der Waals surface area contributed by atoms with Gasteiger partial charge in [-0.2, -0.15) is 0 Å². The van der Waals surface area contributed by atoms with Crippen molar-refractivity contribution in [3.05, 3.63) is 28.2 Å². The minimum absolute atomic E-state index is 0.148. The molecule has 1 aromatic rings.